The van der Waals surface area contributed by atoms with Gasteiger partial charge in [0.2, 0.25) is 0 Å². The molecule has 2 aromatic heterocycles. The van der Waals surface area contributed by atoms with E-state index in [1.807, 2.05) is 48.5 Å². The lowest BCUT2D eigenvalue weighted by Gasteiger charge is -2.18. The van der Waals surface area contributed by atoms with Crippen molar-refractivity contribution in [2.75, 3.05) is 6.61 Å². The highest BCUT2D eigenvalue weighted by atomic mass is 32.1. The number of hydrogen-bond acceptors (Lipinski definition) is 6. The van der Waals surface area contributed by atoms with Crippen LogP contribution in [0.5, 0.6) is 0 Å². The summed E-state index contributed by atoms with van der Waals surface area (Å²) in [5.41, 5.74) is 2.30. The summed E-state index contributed by atoms with van der Waals surface area (Å²) >= 11 is 1.21. The van der Waals surface area contributed by atoms with Gasteiger partial charge in [0.1, 0.15) is 9.88 Å². The molecular weight excluding hydrogens is 386 g/mol. The fraction of sp³-hybridized carbons (Fsp3) is 0.273. The van der Waals surface area contributed by atoms with Crippen LogP contribution in [0.3, 0.4) is 0 Å². The number of aromatic nitrogens is 2. The summed E-state index contributed by atoms with van der Waals surface area (Å²) in [6.45, 7) is 3.47. The monoisotopic (exact) mass is 409 g/mol. The summed E-state index contributed by atoms with van der Waals surface area (Å²) in [5.74, 6) is -0.878. The Morgan fingerprint density at radius 2 is 1.90 bits per heavy atom. The molecule has 0 aliphatic heterocycles. The molecule has 0 saturated heterocycles. The molecule has 0 saturated carbocycles. The topological polar surface area (TPSA) is 81.2 Å². The van der Waals surface area contributed by atoms with E-state index < -0.39 is 5.97 Å². The van der Waals surface area contributed by atoms with E-state index in [1.165, 1.54) is 11.3 Å². The van der Waals surface area contributed by atoms with E-state index in [2.05, 4.69) is 22.2 Å². The number of esters is 1. The van der Waals surface area contributed by atoms with Crippen LogP contribution in [-0.2, 0) is 9.53 Å². The zero-order valence-electron chi connectivity index (χ0n) is 16.4. The van der Waals surface area contributed by atoms with Crippen molar-refractivity contribution in [3.63, 3.8) is 0 Å². The molecule has 6 nitrogen and oxygen atoms in total. The van der Waals surface area contributed by atoms with Crippen LogP contribution < -0.4 is 5.32 Å². The van der Waals surface area contributed by atoms with Gasteiger partial charge in [-0.15, -0.1) is 11.3 Å². The van der Waals surface area contributed by atoms with Crippen LogP contribution >= 0.6 is 11.3 Å². The lowest BCUT2D eigenvalue weighted by Crippen LogP contribution is -2.32. The molecule has 2 heterocycles. The Balaban J connectivity index is 1.60. The van der Waals surface area contributed by atoms with Crippen LogP contribution in [0.15, 0.2) is 54.7 Å². The van der Waals surface area contributed by atoms with E-state index in [1.54, 1.807) is 13.1 Å². The van der Waals surface area contributed by atoms with Crippen molar-refractivity contribution >= 4 is 23.2 Å². The molecule has 0 aliphatic rings. The highest BCUT2D eigenvalue weighted by Gasteiger charge is 2.20. The molecular formula is C22H23N3O3S. The smallest absolute Gasteiger partial charge is 0.350 e. The van der Waals surface area contributed by atoms with Gasteiger partial charge in [0.25, 0.3) is 5.91 Å². The third kappa shape index (κ3) is 5.48. The van der Waals surface area contributed by atoms with Crippen molar-refractivity contribution in [3.05, 3.63) is 70.9 Å². The van der Waals surface area contributed by atoms with E-state index in [4.69, 9.17) is 4.74 Å². The summed E-state index contributed by atoms with van der Waals surface area (Å²) < 4.78 is 5.23. The largest absolute Gasteiger partial charge is 0.451 e. The Morgan fingerprint density at radius 3 is 2.59 bits per heavy atom. The summed E-state index contributed by atoms with van der Waals surface area (Å²) in [5, 5.41) is 3.59. The lowest BCUT2D eigenvalue weighted by molar-refractivity contribution is -0.125. The van der Waals surface area contributed by atoms with E-state index in [0.717, 1.165) is 18.4 Å². The van der Waals surface area contributed by atoms with Crippen molar-refractivity contribution in [3.8, 4) is 10.7 Å². The first-order valence-electron chi connectivity index (χ1n) is 9.48. The van der Waals surface area contributed by atoms with Crippen molar-refractivity contribution in [1.29, 1.82) is 0 Å². The highest BCUT2D eigenvalue weighted by Crippen LogP contribution is 2.27. The van der Waals surface area contributed by atoms with E-state index in [-0.39, 0.29) is 18.6 Å². The second-order valence-electron chi connectivity index (χ2n) is 6.54. The molecule has 0 fully saturated rings. The molecule has 3 rings (SSSR count). The zero-order valence-corrected chi connectivity index (χ0v) is 17.2. The molecule has 0 bridgehead atoms. The maximum absolute atomic E-state index is 12.4. The third-order valence-corrected chi connectivity index (χ3v) is 5.47. The number of carbonyl (C=O) groups excluding carboxylic acids is 2. The molecule has 0 aliphatic carbocycles. The Hall–Kier alpha value is -3.06. The third-order valence-electron chi connectivity index (χ3n) is 4.31. The minimum Gasteiger partial charge on any atom is -0.451 e. The van der Waals surface area contributed by atoms with Crippen LogP contribution in [0.1, 0.15) is 46.7 Å². The van der Waals surface area contributed by atoms with Gasteiger partial charge < -0.3 is 10.1 Å². The van der Waals surface area contributed by atoms with Crippen LogP contribution in [0.25, 0.3) is 10.7 Å². The maximum atomic E-state index is 12.4. The number of hydrogen-bond donors (Lipinski definition) is 1. The molecule has 0 radical (unpaired) electrons. The predicted octanol–water partition coefficient (Wildman–Crippen LogP) is 4.33. The number of thiazole rings is 1. The molecule has 0 spiro atoms. The summed E-state index contributed by atoms with van der Waals surface area (Å²) in [4.78, 5) is 33.8. The molecule has 1 aromatic carbocycles. The first kappa shape index (κ1) is 20.7. The number of benzene rings is 1. The second kappa shape index (κ2) is 9.93. The van der Waals surface area contributed by atoms with Gasteiger partial charge in [0.05, 0.1) is 17.4 Å². The number of amides is 1. The standard InChI is InChI=1S/C22H23N3O3S/c1-3-9-17(16-10-5-4-6-11-16)25-19(26)14-28-22(27)20-15(2)24-21(29-20)18-12-7-8-13-23-18/h4-8,10-13,17H,3,9,14H2,1-2H3,(H,25,26). The molecule has 3 aromatic rings. The van der Waals surface area contributed by atoms with Crippen LogP contribution in [-0.4, -0.2) is 28.5 Å². The summed E-state index contributed by atoms with van der Waals surface area (Å²) in [6.07, 6.45) is 3.41. The first-order valence-corrected chi connectivity index (χ1v) is 10.3. The number of carbonyl (C=O) groups is 2. The van der Waals surface area contributed by atoms with Crippen molar-refractivity contribution in [2.24, 2.45) is 0 Å². The van der Waals surface area contributed by atoms with Crippen LogP contribution in [0.2, 0.25) is 0 Å². The second-order valence-corrected chi connectivity index (χ2v) is 7.54. The van der Waals surface area contributed by atoms with Crippen LogP contribution in [0, 0.1) is 6.92 Å². The van der Waals surface area contributed by atoms with Gasteiger partial charge in [0, 0.05) is 6.20 Å². The average molecular weight is 410 g/mol. The fourth-order valence-corrected chi connectivity index (χ4v) is 3.85. The quantitative estimate of drug-likeness (QED) is 0.560. The number of ether oxygens (including phenoxy) is 1. The van der Waals surface area contributed by atoms with Crippen LogP contribution in [0.4, 0.5) is 0 Å². The summed E-state index contributed by atoms with van der Waals surface area (Å²) in [7, 11) is 0. The molecule has 29 heavy (non-hydrogen) atoms. The van der Waals surface area contributed by atoms with Gasteiger partial charge in [-0.05, 0) is 31.0 Å². The average Bonchev–Trinajstić information content (AvgIpc) is 3.15. The van der Waals surface area contributed by atoms with Gasteiger partial charge >= 0.3 is 5.97 Å². The molecule has 1 atom stereocenters. The molecule has 1 amide bonds. The Kier molecular flexibility index (Phi) is 7.08. The molecule has 7 heteroatoms. The number of pyridine rings is 1. The number of nitrogens with one attached hydrogen (secondary N) is 1. The van der Waals surface area contributed by atoms with Crippen molar-refractivity contribution in [1.82, 2.24) is 15.3 Å². The fourth-order valence-electron chi connectivity index (χ4n) is 2.91. The Labute approximate surface area is 174 Å². The first-order chi connectivity index (χ1) is 14.1. The molecule has 1 N–H and O–H groups in total. The lowest BCUT2D eigenvalue weighted by atomic mass is 10.0. The van der Waals surface area contributed by atoms with Gasteiger partial charge in [-0.3, -0.25) is 9.78 Å². The molecule has 150 valence electrons. The Morgan fingerprint density at radius 1 is 1.14 bits per heavy atom. The Bertz CT molecular complexity index is 958. The highest BCUT2D eigenvalue weighted by molar-refractivity contribution is 7.17. The van der Waals surface area contributed by atoms with Gasteiger partial charge in [-0.1, -0.05) is 49.7 Å². The predicted molar refractivity (Wildman–Crippen MR) is 113 cm³/mol. The minimum atomic E-state index is -0.552. The van der Waals surface area contributed by atoms with Gasteiger partial charge in [-0.2, -0.15) is 0 Å². The minimum absolute atomic E-state index is 0.103. The number of rotatable bonds is 8. The van der Waals surface area contributed by atoms with E-state index in [0.29, 0.717) is 21.3 Å². The van der Waals surface area contributed by atoms with E-state index >= 15 is 0 Å². The number of aryl methyl sites for hydroxylation is 1. The normalized spacial score (nSPS) is 11.7. The van der Waals surface area contributed by atoms with E-state index in [9.17, 15) is 9.59 Å². The summed E-state index contributed by atoms with van der Waals surface area (Å²) in [6, 6.07) is 15.2. The van der Waals surface area contributed by atoms with Crippen molar-refractivity contribution < 1.29 is 14.3 Å². The SMILES string of the molecule is CCCC(NC(=O)COC(=O)c1sc(-c2ccccn2)nc1C)c1ccccc1. The number of nitrogens with zero attached hydrogens (tertiary/aromatic N) is 2. The van der Waals surface area contributed by atoms with Crippen molar-refractivity contribution in [2.45, 2.75) is 32.7 Å². The zero-order chi connectivity index (χ0) is 20.6. The van der Waals surface area contributed by atoms with Gasteiger partial charge in [0.15, 0.2) is 6.61 Å². The molecule has 1 unspecified atom stereocenters. The maximum Gasteiger partial charge on any atom is 0.350 e. The van der Waals surface area contributed by atoms with Gasteiger partial charge in [-0.25, -0.2) is 9.78 Å².